The Kier molecular flexibility index (Phi) is 4.57. The predicted octanol–water partition coefficient (Wildman–Crippen LogP) is 0.798. The smallest absolute Gasteiger partial charge is 0.261 e. The molecule has 0 spiro atoms. The minimum Gasteiger partial charge on any atom is -0.351 e. The zero-order chi connectivity index (χ0) is 18.1. The van der Waals surface area contributed by atoms with Crippen molar-refractivity contribution in [1.82, 2.24) is 15.1 Å². The lowest BCUT2D eigenvalue weighted by Crippen LogP contribution is -2.40. The van der Waals surface area contributed by atoms with Crippen molar-refractivity contribution in [2.75, 3.05) is 13.1 Å². The van der Waals surface area contributed by atoms with Gasteiger partial charge in [0.2, 0.25) is 11.8 Å². The van der Waals surface area contributed by atoms with Crippen molar-refractivity contribution in [1.29, 1.82) is 0 Å². The van der Waals surface area contributed by atoms with Crippen LogP contribution in [0.5, 0.6) is 0 Å². The highest BCUT2D eigenvalue weighted by Crippen LogP contribution is 2.22. The molecule has 2 aliphatic rings. The maximum atomic E-state index is 12.2. The normalized spacial score (nSPS) is 19.8. The number of imide groups is 1. The molecule has 7 nitrogen and oxygen atoms in total. The lowest BCUT2D eigenvalue weighted by atomic mass is 10.1. The van der Waals surface area contributed by atoms with Gasteiger partial charge in [-0.1, -0.05) is 12.1 Å². The summed E-state index contributed by atoms with van der Waals surface area (Å²) in [7, 11) is 0. The second-order valence-electron chi connectivity index (χ2n) is 6.67. The van der Waals surface area contributed by atoms with E-state index in [-0.39, 0.29) is 55.1 Å². The standard InChI is InChI=1S/C18H21N3O4/c1-11(2)21-10-12(9-16(21)23)19-15(22)7-8-20-17(24)13-5-3-4-6-14(13)18(20)25/h3-6,11-12H,7-10H2,1-2H3,(H,19,22). The van der Waals surface area contributed by atoms with E-state index < -0.39 is 0 Å². The van der Waals surface area contributed by atoms with Crippen LogP contribution in [-0.2, 0) is 9.59 Å². The number of carbonyl (C=O) groups excluding carboxylic acids is 4. The zero-order valence-corrected chi connectivity index (χ0v) is 14.3. The molecule has 25 heavy (non-hydrogen) atoms. The van der Waals surface area contributed by atoms with Crippen molar-refractivity contribution in [3.63, 3.8) is 0 Å². The summed E-state index contributed by atoms with van der Waals surface area (Å²) in [5.74, 6) is -0.966. The first kappa shape index (κ1) is 17.1. The van der Waals surface area contributed by atoms with Crippen molar-refractivity contribution < 1.29 is 19.2 Å². The van der Waals surface area contributed by atoms with E-state index in [1.807, 2.05) is 13.8 Å². The molecule has 1 aromatic rings. The Morgan fingerprint density at radius 3 is 2.28 bits per heavy atom. The molecule has 1 atom stereocenters. The van der Waals surface area contributed by atoms with E-state index in [1.54, 1.807) is 29.2 Å². The number of carbonyl (C=O) groups is 4. The first-order valence-electron chi connectivity index (χ1n) is 8.42. The van der Waals surface area contributed by atoms with Gasteiger partial charge in [0.15, 0.2) is 0 Å². The van der Waals surface area contributed by atoms with Gasteiger partial charge >= 0.3 is 0 Å². The highest BCUT2D eigenvalue weighted by molar-refractivity contribution is 6.21. The van der Waals surface area contributed by atoms with Crippen LogP contribution in [0.4, 0.5) is 0 Å². The largest absolute Gasteiger partial charge is 0.351 e. The third kappa shape index (κ3) is 3.26. The lowest BCUT2D eigenvalue weighted by Gasteiger charge is -2.21. The van der Waals surface area contributed by atoms with Crippen LogP contribution in [0, 0.1) is 0 Å². The zero-order valence-electron chi connectivity index (χ0n) is 14.3. The molecular weight excluding hydrogens is 322 g/mol. The second kappa shape index (κ2) is 6.66. The molecule has 4 amide bonds. The van der Waals surface area contributed by atoms with E-state index >= 15 is 0 Å². The molecule has 2 aliphatic heterocycles. The Labute approximate surface area is 146 Å². The topological polar surface area (TPSA) is 86.8 Å². The van der Waals surface area contributed by atoms with Crippen LogP contribution in [-0.4, -0.2) is 58.6 Å². The Bertz CT molecular complexity index is 709. The van der Waals surface area contributed by atoms with Crippen molar-refractivity contribution in [2.45, 2.75) is 38.8 Å². The molecule has 2 heterocycles. The fourth-order valence-electron chi connectivity index (χ4n) is 3.28. The minimum atomic E-state index is -0.365. The van der Waals surface area contributed by atoms with E-state index in [1.165, 1.54) is 0 Å². The maximum Gasteiger partial charge on any atom is 0.261 e. The number of amides is 4. The van der Waals surface area contributed by atoms with Gasteiger partial charge in [-0.05, 0) is 26.0 Å². The summed E-state index contributed by atoms with van der Waals surface area (Å²) < 4.78 is 0. The molecule has 0 radical (unpaired) electrons. The van der Waals surface area contributed by atoms with E-state index in [2.05, 4.69) is 5.32 Å². The van der Waals surface area contributed by atoms with Gasteiger partial charge in [0, 0.05) is 32.0 Å². The predicted molar refractivity (Wildman–Crippen MR) is 89.8 cm³/mol. The third-order valence-electron chi connectivity index (χ3n) is 4.59. The van der Waals surface area contributed by atoms with Gasteiger partial charge in [0.25, 0.3) is 11.8 Å². The number of hydrogen-bond acceptors (Lipinski definition) is 4. The summed E-state index contributed by atoms with van der Waals surface area (Å²) in [4.78, 5) is 51.3. The summed E-state index contributed by atoms with van der Waals surface area (Å²) in [6.07, 6.45) is 0.314. The highest BCUT2D eigenvalue weighted by Gasteiger charge is 2.36. The van der Waals surface area contributed by atoms with Gasteiger partial charge in [-0.2, -0.15) is 0 Å². The van der Waals surface area contributed by atoms with Crippen LogP contribution < -0.4 is 5.32 Å². The van der Waals surface area contributed by atoms with Crippen LogP contribution in [0.2, 0.25) is 0 Å². The molecule has 1 saturated heterocycles. The number of likely N-dealkylation sites (tertiary alicyclic amines) is 1. The monoisotopic (exact) mass is 343 g/mol. The Morgan fingerprint density at radius 2 is 1.76 bits per heavy atom. The van der Waals surface area contributed by atoms with Crippen LogP contribution in [0.25, 0.3) is 0 Å². The number of rotatable bonds is 5. The molecule has 7 heteroatoms. The molecule has 0 bridgehead atoms. The first-order valence-corrected chi connectivity index (χ1v) is 8.42. The second-order valence-corrected chi connectivity index (χ2v) is 6.67. The van der Waals surface area contributed by atoms with Crippen LogP contribution >= 0.6 is 0 Å². The van der Waals surface area contributed by atoms with Crippen LogP contribution in [0.1, 0.15) is 47.4 Å². The van der Waals surface area contributed by atoms with E-state index in [4.69, 9.17) is 0 Å². The summed E-state index contributed by atoms with van der Waals surface area (Å²) in [5, 5.41) is 2.82. The van der Waals surface area contributed by atoms with E-state index in [9.17, 15) is 19.2 Å². The van der Waals surface area contributed by atoms with Crippen molar-refractivity contribution in [3.8, 4) is 0 Å². The summed E-state index contributed by atoms with van der Waals surface area (Å²) in [5.41, 5.74) is 0.753. The number of hydrogen-bond donors (Lipinski definition) is 1. The van der Waals surface area contributed by atoms with Gasteiger partial charge in [-0.3, -0.25) is 24.1 Å². The van der Waals surface area contributed by atoms with Gasteiger partial charge < -0.3 is 10.2 Å². The quantitative estimate of drug-likeness (QED) is 0.801. The molecule has 3 rings (SSSR count). The third-order valence-corrected chi connectivity index (χ3v) is 4.59. The number of nitrogens with zero attached hydrogens (tertiary/aromatic N) is 2. The molecule has 0 saturated carbocycles. The molecule has 1 aromatic carbocycles. The molecule has 1 N–H and O–H groups in total. The average Bonchev–Trinajstić information content (AvgIpc) is 3.05. The van der Waals surface area contributed by atoms with Crippen LogP contribution in [0.15, 0.2) is 24.3 Å². The van der Waals surface area contributed by atoms with Gasteiger partial charge in [0.1, 0.15) is 0 Å². The van der Waals surface area contributed by atoms with Crippen molar-refractivity contribution in [2.24, 2.45) is 0 Å². The molecule has 0 aromatic heterocycles. The number of benzene rings is 1. The summed E-state index contributed by atoms with van der Waals surface area (Å²) >= 11 is 0. The summed E-state index contributed by atoms with van der Waals surface area (Å²) in [6, 6.07) is 6.52. The Hall–Kier alpha value is -2.70. The number of nitrogens with one attached hydrogen (secondary N) is 1. The van der Waals surface area contributed by atoms with Crippen molar-refractivity contribution in [3.05, 3.63) is 35.4 Å². The van der Waals surface area contributed by atoms with Gasteiger partial charge in [0.05, 0.1) is 17.2 Å². The Morgan fingerprint density at radius 1 is 1.16 bits per heavy atom. The highest BCUT2D eigenvalue weighted by atomic mass is 16.2. The average molecular weight is 343 g/mol. The summed E-state index contributed by atoms with van der Waals surface area (Å²) in [6.45, 7) is 4.40. The van der Waals surface area contributed by atoms with Crippen molar-refractivity contribution >= 4 is 23.6 Å². The molecule has 0 aliphatic carbocycles. The molecule has 1 fully saturated rings. The van der Waals surface area contributed by atoms with E-state index in [0.717, 1.165) is 4.90 Å². The maximum absolute atomic E-state index is 12.2. The molecule has 132 valence electrons. The van der Waals surface area contributed by atoms with Gasteiger partial charge in [-0.15, -0.1) is 0 Å². The molecule has 1 unspecified atom stereocenters. The molecular formula is C18H21N3O4. The number of fused-ring (bicyclic) bond motifs is 1. The lowest BCUT2D eigenvalue weighted by molar-refractivity contribution is -0.129. The first-order chi connectivity index (χ1) is 11.9. The fraction of sp³-hybridized carbons (Fsp3) is 0.444. The van der Waals surface area contributed by atoms with Gasteiger partial charge in [-0.25, -0.2) is 0 Å². The van der Waals surface area contributed by atoms with E-state index in [0.29, 0.717) is 17.7 Å². The Balaban J connectivity index is 1.53. The minimum absolute atomic E-state index is 0.0256. The fourth-order valence-corrected chi connectivity index (χ4v) is 3.28. The van der Waals surface area contributed by atoms with Crippen LogP contribution in [0.3, 0.4) is 0 Å². The SMILES string of the molecule is CC(C)N1CC(NC(=O)CCN2C(=O)c3ccccc3C2=O)CC1=O.